The first-order chi connectivity index (χ1) is 9.15. The Morgan fingerprint density at radius 3 is 2.37 bits per heavy atom. The Kier molecular flexibility index (Phi) is 4.00. The van der Waals surface area contributed by atoms with Gasteiger partial charge in [-0.3, -0.25) is 0 Å². The van der Waals surface area contributed by atoms with Crippen LogP contribution in [0, 0.1) is 6.92 Å². The molecule has 1 heterocycles. The number of nitrogens with zero attached hydrogens (tertiary/aromatic N) is 1. The number of methoxy groups -OCH3 is 2. The Morgan fingerprint density at radius 2 is 1.79 bits per heavy atom. The summed E-state index contributed by atoms with van der Waals surface area (Å²) in [6, 6.07) is 3.86. The van der Waals surface area contributed by atoms with E-state index in [2.05, 4.69) is 11.5 Å². The molecule has 104 valence electrons. The molecule has 1 N–H and O–H groups in total. The van der Waals surface area contributed by atoms with Crippen molar-refractivity contribution in [1.82, 2.24) is 4.57 Å². The van der Waals surface area contributed by atoms with E-state index in [0.29, 0.717) is 0 Å². The number of aliphatic hydroxyl groups excluding tert-OH is 1. The van der Waals surface area contributed by atoms with Gasteiger partial charge in [-0.15, -0.1) is 0 Å². The third-order valence-corrected chi connectivity index (χ3v) is 3.70. The molecule has 0 atom stereocenters. The summed E-state index contributed by atoms with van der Waals surface area (Å²) < 4.78 is 13.1. The molecule has 4 nitrogen and oxygen atoms in total. The van der Waals surface area contributed by atoms with Crippen LogP contribution in [0.15, 0.2) is 12.1 Å². The van der Waals surface area contributed by atoms with Crippen LogP contribution in [0.25, 0.3) is 10.9 Å². The van der Waals surface area contributed by atoms with Crippen LogP contribution in [-0.4, -0.2) is 30.5 Å². The van der Waals surface area contributed by atoms with Gasteiger partial charge < -0.3 is 19.1 Å². The second kappa shape index (κ2) is 5.53. The summed E-state index contributed by atoms with van der Waals surface area (Å²) in [5.74, 6) is 1.70. The quantitative estimate of drug-likeness (QED) is 0.901. The van der Waals surface area contributed by atoms with E-state index in [1.165, 1.54) is 11.3 Å². The van der Waals surface area contributed by atoms with Gasteiger partial charge in [0.25, 0.3) is 0 Å². The first-order valence-electron chi connectivity index (χ1n) is 6.45. The van der Waals surface area contributed by atoms with E-state index in [-0.39, 0.29) is 6.61 Å². The summed E-state index contributed by atoms with van der Waals surface area (Å²) in [6.07, 6.45) is 1.59. The van der Waals surface area contributed by atoms with Crippen molar-refractivity contribution in [2.75, 3.05) is 20.8 Å². The summed E-state index contributed by atoms with van der Waals surface area (Å²) in [4.78, 5) is 0. The normalized spacial score (nSPS) is 11.0. The van der Waals surface area contributed by atoms with Crippen LogP contribution in [0.3, 0.4) is 0 Å². The molecule has 0 saturated carbocycles. The molecule has 19 heavy (non-hydrogen) atoms. The molecule has 0 aliphatic rings. The lowest BCUT2D eigenvalue weighted by molar-refractivity contribution is 0.288. The molecule has 4 heteroatoms. The number of aromatic nitrogens is 1. The lowest BCUT2D eigenvalue weighted by Crippen LogP contribution is -1.95. The molecule has 2 rings (SSSR count). The van der Waals surface area contributed by atoms with Crippen LogP contribution in [0.4, 0.5) is 0 Å². The number of benzene rings is 1. The molecule has 0 saturated heterocycles. The number of aliphatic hydroxyl groups is 1. The van der Waals surface area contributed by atoms with Gasteiger partial charge in [-0.2, -0.15) is 0 Å². The maximum Gasteiger partial charge on any atom is 0.143 e. The van der Waals surface area contributed by atoms with Crippen LogP contribution >= 0.6 is 0 Å². The molecule has 0 radical (unpaired) electrons. The van der Waals surface area contributed by atoms with Crippen molar-refractivity contribution >= 4 is 10.9 Å². The summed E-state index contributed by atoms with van der Waals surface area (Å²) >= 11 is 0. The van der Waals surface area contributed by atoms with Crippen molar-refractivity contribution in [2.24, 2.45) is 7.05 Å². The van der Waals surface area contributed by atoms with Crippen molar-refractivity contribution in [1.29, 1.82) is 0 Å². The molecular formula is C15H21NO3. The van der Waals surface area contributed by atoms with Gasteiger partial charge in [0.1, 0.15) is 11.5 Å². The Balaban J connectivity index is 2.76. The van der Waals surface area contributed by atoms with Gasteiger partial charge >= 0.3 is 0 Å². The zero-order valence-corrected chi connectivity index (χ0v) is 12.0. The largest absolute Gasteiger partial charge is 0.496 e. The fourth-order valence-electron chi connectivity index (χ4n) is 2.63. The molecule has 1 aromatic carbocycles. The van der Waals surface area contributed by atoms with E-state index in [4.69, 9.17) is 14.6 Å². The number of rotatable bonds is 5. The van der Waals surface area contributed by atoms with Gasteiger partial charge in [0.05, 0.1) is 19.7 Å². The average Bonchev–Trinajstić information content (AvgIpc) is 2.69. The monoisotopic (exact) mass is 263 g/mol. The number of fused-ring (bicyclic) bond motifs is 1. The highest BCUT2D eigenvalue weighted by Gasteiger charge is 2.18. The lowest BCUT2D eigenvalue weighted by Gasteiger charge is -2.09. The Morgan fingerprint density at radius 1 is 1.16 bits per heavy atom. The minimum absolute atomic E-state index is 0.197. The zero-order chi connectivity index (χ0) is 14.0. The molecule has 2 aromatic rings. The van der Waals surface area contributed by atoms with Crippen LogP contribution < -0.4 is 9.47 Å². The lowest BCUT2D eigenvalue weighted by atomic mass is 10.0. The van der Waals surface area contributed by atoms with Gasteiger partial charge in [-0.05, 0) is 37.5 Å². The van der Waals surface area contributed by atoms with E-state index in [0.717, 1.165) is 35.2 Å². The van der Waals surface area contributed by atoms with Gasteiger partial charge in [0, 0.05) is 24.7 Å². The molecule has 1 aromatic heterocycles. The Hall–Kier alpha value is -1.68. The standard InChI is InChI=1S/C15H21NO3/c1-10-11(6-5-9-17)14-12(18-3)7-8-13(19-4)15(14)16(10)2/h7-8,17H,5-6,9H2,1-4H3. The fourth-order valence-corrected chi connectivity index (χ4v) is 2.63. The third-order valence-electron chi connectivity index (χ3n) is 3.70. The molecule has 0 bridgehead atoms. The number of aryl methyl sites for hydroxylation is 2. The first-order valence-corrected chi connectivity index (χ1v) is 6.45. The van der Waals surface area contributed by atoms with Crippen LogP contribution in [-0.2, 0) is 13.5 Å². The van der Waals surface area contributed by atoms with Gasteiger partial charge in [0.2, 0.25) is 0 Å². The highest BCUT2D eigenvalue weighted by molar-refractivity contribution is 5.95. The number of hydrogen-bond acceptors (Lipinski definition) is 3. The summed E-state index contributed by atoms with van der Waals surface area (Å²) in [7, 11) is 5.39. The minimum Gasteiger partial charge on any atom is -0.496 e. The molecule has 0 aliphatic heterocycles. The fraction of sp³-hybridized carbons (Fsp3) is 0.467. The van der Waals surface area contributed by atoms with Gasteiger partial charge in [-0.1, -0.05) is 0 Å². The maximum atomic E-state index is 9.06. The SMILES string of the molecule is COc1ccc(OC)c2c1c(CCCO)c(C)n2C. The summed E-state index contributed by atoms with van der Waals surface area (Å²) in [5, 5.41) is 10.2. The number of ether oxygens (including phenoxy) is 2. The third kappa shape index (κ3) is 2.16. The minimum atomic E-state index is 0.197. The molecule has 0 aliphatic carbocycles. The van der Waals surface area contributed by atoms with E-state index in [1.54, 1.807) is 14.2 Å². The second-order valence-corrected chi connectivity index (χ2v) is 4.64. The van der Waals surface area contributed by atoms with Gasteiger partial charge in [0.15, 0.2) is 0 Å². The van der Waals surface area contributed by atoms with Crippen molar-refractivity contribution in [3.63, 3.8) is 0 Å². The van der Waals surface area contributed by atoms with Crippen molar-refractivity contribution in [3.05, 3.63) is 23.4 Å². The van der Waals surface area contributed by atoms with Gasteiger partial charge in [-0.25, -0.2) is 0 Å². The van der Waals surface area contributed by atoms with E-state index < -0.39 is 0 Å². The summed E-state index contributed by atoms with van der Waals surface area (Å²) in [6.45, 7) is 2.29. The predicted octanol–water partition coefficient (Wildman–Crippen LogP) is 2.43. The Bertz CT molecular complexity index is 587. The molecular weight excluding hydrogens is 242 g/mol. The average molecular weight is 263 g/mol. The second-order valence-electron chi connectivity index (χ2n) is 4.64. The van der Waals surface area contributed by atoms with Crippen molar-refractivity contribution in [3.8, 4) is 11.5 Å². The van der Waals surface area contributed by atoms with Crippen molar-refractivity contribution in [2.45, 2.75) is 19.8 Å². The zero-order valence-electron chi connectivity index (χ0n) is 12.0. The first kappa shape index (κ1) is 13.7. The summed E-state index contributed by atoms with van der Waals surface area (Å²) in [5.41, 5.74) is 3.46. The van der Waals surface area contributed by atoms with Crippen LogP contribution in [0.2, 0.25) is 0 Å². The molecule has 0 spiro atoms. The van der Waals surface area contributed by atoms with E-state index >= 15 is 0 Å². The predicted molar refractivity (Wildman–Crippen MR) is 76.2 cm³/mol. The van der Waals surface area contributed by atoms with E-state index in [9.17, 15) is 0 Å². The van der Waals surface area contributed by atoms with Crippen molar-refractivity contribution < 1.29 is 14.6 Å². The maximum absolute atomic E-state index is 9.06. The van der Waals surface area contributed by atoms with E-state index in [1.807, 2.05) is 19.2 Å². The number of hydrogen-bond donors (Lipinski definition) is 1. The molecule has 0 unspecified atom stereocenters. The highest BCUT2D eigenvalue weighted by Crippen LogP contribution is 2.38. The molecule has 0 amide bonds. The smallest absolute Gasteiger partial charge is 0.143 e. The van der Waals surface area contributed by atoms with Crippen LogP contribution in [0.1, 0.15) is 17.7 Å². The van der Waals surface area contributed by atoms with Crippen LogP contribution in [0.5, 0.6) is 11.5 Å². The molecule has 0 fully saturated rings. The Labute approximate surface area is 113 Å². The topological polar surface area (TPSA) is 43.6 Å². The highest BCUT2D eigenvalue weighted by atomic mass is 16.5.